The van der Waals surface area contributed by atoms with E-state index in [-0.39, 0.29) is 5.97 Å². The Balaban J connectivity index is 2.45. The Morgan fingerprint density at radius 2 is 2.00 bits per heavy atom. The van der Waals surface area contributed by atoms with Gasteiger partial charge in [0, 0.05) is 19.0 Å². The molecule has 0 fully saturated rings. The lowest BCUT2D eigenvalue weighted by Gasteiger charge is -2.21. The van der Waals surface area contributed by atoms with Gasteiger partial charge in [-0.25, -0.2) is 4.79 Å². The molecule has 1 rings (SSSR count). The summed E-state index contributed by atoms with van der Waals surface area (Å²) in [6, 6.07) is 0. The van der Waals surface area contributed by atoms with E-state index in [0.29, 0.717) is 18.5 Å². The van der Waals surface area contributed by atoms with Crippen molar-refractivity contribution in [2.75, 3.05) is 13.1 Å². The van der Waals surface area contributed by atoms with Gasteiger partial charge >= 0.3 is 11.9 Å². The van der Waals surface area contributed by atoms with E-state index in [2.05, 4.69) is 5.32 Å². The Morgan fingerprint density at radius 1 is 1.33 bits per heavy atom. The van der Waals surface area contributed by atoms with Crippen LogP contribution in [0.25, 0.3) is 0 Å². The van der Waals surface area contributed by atoms with Crippen LogP contribution in [0, 0.1) is 5.41 Å². The van der Waals surface area contributed by atoms with Gasteiger partial charge < -0.3 is 14.8 Å². The molecule has 1 unspecified atom stereocenters. The monoisotopic (exact) mass is 255 g/mol. The van der Waals surface area contributed by atoms with Gasteiger partial charge in [0.2, 0.25) is 6.29 Å². The highest BCUT2D eigenvalue weighted by molar-refractivity contribution is 5.88. The maximum absolute atomic E-state index is 11.7. The molecule has 0 aromatic heterocycles. The predicted octanol–water partition coefficient (Wildman–Crippen LogP) is 1.38. The third kappa shape index (κ3) is 4.49. The lowest BCUT2D eigenvalue weighted by molar-refractivity contribution is -0.188. The predicted molar refractivity (Wildman–Crippen MR) is 66.7 cm³/mol. The van der Waals surface area contributed by atoms with Gasteiger partial charge in [0.15, 0.2) is 0 Å². The second-order valence-electron chi connectivity index (χ2n) is 5.31. The van der Waals surface area contributed by atoms with Crippen molar-refractivity contribution in [3.63, 3.8) is 0 Å². The highest BCUT2D eigenvalue weighted by atomic mass is 16.7. The van der Waals surface area contributed by atoms with E-state index in [1.54, 1.807) is 33.8 Å². The number of carbonyl (C=O) groups is 2. The quantitative estimate of drug-likeness (QED) is 0.609. The normalized spacial score (nSPS) is 17.7. The fraction of sp³-hybridized carbons (Fsp3) is 0.692. The summed E-state index contributed by atoms with van der Waals surface area (Å²) in [5.74, 6) is -0.798. The zero-order chi connectivity index (χ0) is 13.8. The van der Waals surface area contributed by atoms with Crippen LogP contribution in [-0.2, 0) is 19.1 Å². The van der Waals surface area contributed by atoms with E-state index in [1.165, 1.54) is 0 Å². The second-order valence-corrected chi connectivity index (χ2v) is 5.31. The van der Waals surface area contributed by atoms with Crippen molar-refractivity contribution in [2.45, 2.75) is 40.4 Å². The number of nitrogens with one attached hydrogen (secondary N) is 1. The van der Waals surface area contributed by atoms with Crippen LogP contribution < -0.4 is 5.32 Å². The van der Waals surface area contributed by atoms with Crippen LogP contribution in [-0.4, -0.2) is 31.3 Å². The zero-order valence-electron chi connectivity index (χ0n) is 11.4. The summed E-state index contributed by atoms with van der Waals surface area (Å²) >= 11 is 0. The lowest BCUT2D eigenvalue weighted by Crippen LogP contribution is -2.31. The highest BCUT2D eigenvalue weighted by Gasteiger charge is 2.26. The third-order valence-electron chi connectivity index (χ3n) is 2.48. The molecule has 18 heavy (non-hydrogen) atoms. The Morgan fingerprint density at radius 3 is 2.50 bits per heavy atom. The molecule has 102 valence electrons. The van der Waals surface area contributed by atoms with Gasteiger partial charge in [-0.1, -0.05) is 6.08 Å². The Hall–Kier alpha value is -1.36. The molecule has 0 radical (unpaired) electrons. The van der Waals surface area contributed by atoms with Crippen molar-refractivity contribution in [3.05, 3.63) is 11.6 Å². The summed E-state index contributed by atoms with van der Waals surface area (Å²) < 4.78 is 10.1. The summed E-state index contributed by atoms with van der Waals surface area (Å²) in [6.45, 7) is 8.22. The number of carbonyl (C=O) groups excluding carboxylic acids is 2. The average Bonchev–Trinajstić information content (AvgIpc) is 2.28. The fourth-order valence-electron chi connectivity index (χ4n) is 1.39. The van der Waals surface area contributed by atoms with Crippen LogP contribution in [0.5, 0.6) is 0 Å². The molecule has 1 aliphatic rings. The largest absolute Gasteiger partial charge is 0.425 e. The number of hydrogen-bond acceptors (Lipinski definition) is 5. The molecule has 5 nitrogen and oxygen atoms in total. The molecule has 1 aliphatic heterocycles. The fourth-order valence-corrected chi connectivity index (χ4v) is 1.39. The van der Waals surface area contributed by atoms with Gasteiger partial charge in [0.1, 0.15) is 0 Å². The molecule has 0 bridgehead atoms. The Bertz CT molecular complexity index is 354. The minimum atomic E-state index is -0.861. The van der Waals surface area contributed by atoms with Crippen LogP contribution >= 0.6 is 0 Å². The van der Waals surface area contributed by atoms with Crippen molar-refractivity contribution in [1.82, 2.24) is 5.32 Å². The number of hydrogen-bond donors (Lipinski definition) is 1. The number of rotatable bonds is 3. The summed E-state index contributed by atoms with van der Waals surface area (Å²) in [7, 11) is 0. The van der Waals surface area contributed by atoms with Crippen molar-refractivity contribution in [1.29, 1.82) is 0 Å². The van der Waals surface area contributed by atoms with E-state index >= 15 is 0 Å². The van der Waals surface area contributed by atoms with Crippen LogP contribution in [0.1, 0.15) is 34.1 Å². The van der Waals surface area contributed by atoms with Crippen LogP contribution in [0.4, 0.5) is 0 Å². The molecule has 0 amide bonds. The van der Waals surface area contributed by atoms with Crippen molar-refractivity contribution < 1.29 is 19.1 Å². The van der Waals surface area contributed by atoms with Crippen molar-refractivity contribution in [3.8, 4) is 0 Å². The molecule has 0 aliphatic carbocycles. The molecule has 0 saturated heterocycles. The summed E-state index contributed by atoms with van der Waals surface area (Å²) in [5, 5.41) is 3.11. The van der Waals surface area contributed by atoms with E-state index in [0.717, 1.165) is 6.54 Å². The van der Waals surface area contributed by atoms with Gasteiger partial charge in [-0.2, -0.15) is 0 Å². The second kappa shape index (κ2) is 6.00. The maximum Gasteiger partial charge on any atom is 0.336 e. The number of ether oxygens (including phenoxy) is 2. The highest BCUT2D eigenvalue weighted by Crippen LogP contribution is 2.17. The third-order valence-corrected chi connectivity index (χ3v) is 2.48. The van der Waals surface area contributed by atoms with E-state index in [9.17, 15) is 9.59 Å². The lowest BCUT2D eigenvalue weighted by atomic mass is 9.97. The van der Waals surface area contributed by atoms with Gasteiger partial charge in [-0.3, -0.25) is 4.79 Å². The molecule has 0 aromatic rings. The molecular weight excluding hydrogens is 234 g/mol. The van der Waals surface area contributed by atoms with Gasteiger partial charge in [0.05, 0.1) is 5.41 Å². The SMILES string of the molecule is CC(OC(=O)C1=CCNCC1)OC(=O)C(C)(C)C. The standard InChI is InChI=1S/C13H21NO4/c1-9(18-12(16)13(2,3)4)17-11(15)10-5-7-14-8-6-10/h5,9,14H,6-8H2,1-4H3. The smallest absolute Gasteiger partial charge is 0.336 e. The van der Waals surface area contributed by atoms with E-state index in [4.69, 9.17) is 9.47 Å². The maximum atomic E-state index is 11.7. The topological polar surface area (TPSA) is 64.6 Å². The van der Waals surface area contributed by atoms with Crippen molar-refractivity contribution in [2.24, 2.45) is 5.41 Å². The van der Waals surface area contributed by atoms with Gasteiger partial charge in [0.25, 0.3) is 0 Å². The molecule has 1 heterocycles. The van der Waals surface area contributed by atoms with Gasteiger partial charge in [-0.05, 0) is 33.7 Å². The van der Waals surface area contributed by atoms with Gasteiger partial charge in [-0.15, -0.1) is 0 Å². The summed E-state index contributed by atoms with van der Waals surface area (Å²) in [6.07, 6.45) is 1.57. The molecular formula is C13H21NO4. The minimum absolute atomic E-state index is 0.387. The van der Waals surface area contributed by atoms with Crippen LogP contribution in [0.2, 0.25) is 0 Å². The molecule has 0 saturated carbocycles. The van der Waals surface area contributed by atoms with E-state index < -0.39 is 17.7 Å². The first-order valence-electron chi connectivity index (χ1n) is 6.12. The van der Waals surface area contributed by atoms with Crippen molar-refractivity contribution >= 4 is 11.9 Å². The summed E-state index contributed by atoms with van der Waals surface area (Å²) in [4.78, 5) is 23.3. The first-order valence-corrected chi connectivity index (χ1v) is 6.12. The molecule has 0 spiro atoms. The first kappa shape index (κ1) is 14.7. The first-order chi connectivity index (χ1) is 8.30. The minimum Gasteiger partial charge on any atom is -0.425 e. The molecule has 1 atom stereocenters. The zero-order valence-corrected chi connectivity index (χ0v) is 11.4. The Kier molecular flexibility index (Phi) is 4.90. The molecule has 0 aromatic carbocycles. The Labute approximate surface area is 108 Å². The summed E-state index contributed by atoms with van der Waals surface area (Å²) in [5.41, 5.74) is 0.0294. The molecule has 5 heteroatoms. The average molecular weight is 255 g/mol. The van der Waals surface area contributed by atoms with Crippen LogP contribution in [0.3, 0.4) is 0 Å². The molecule has 1 N–H and O–H groups in total. The van der Waals surface area contributed by atoms with Crippen LogP contribution in [0.15, 0.2) is 11.6 Å². The van der Waals surface area contributed by atoms with E-state index in [1.807, 2.05) is 0 Å². The number of esters is 2.